The second-order valence-electron chi connectivity index (χ2n) is 9.69. The van der Waals surface area contributed by atoms with E-state index in [-0.39, 0.29) is 11.9 Å². The molecule has 0 aromatic carbocycles. The number of anilines is 1. The summed E-state index contributed by atoms with van der Waals surface area (Å²) in [4.78, 5) is 27.1. The molecule has 2 aromatic rings. The van der Waals surface area contributed by atoms with Crippen LogP contribution in [0.1, 0.15) is 52.5 Å². The molecule has 0 unspecified atom stereocenters. The van der Waals surface area contributed by atoms with Crippen LogP contribution in [-0.4, -0.2) is 72.4 Å². The van der Waals surface area contributed by atoms with E-state index in [4.69, 9.17) is 16.2 Å². The average molecular weight is 432 g/mol. The van der Waals surface area contributed by atoms with E-state index in [0.717, 1.165) is 0 Å². The molecule has 2 aliphatic rings. The monoisotopic (exact) mass is 431 g/mol. The summed E-state index contributed by atoms with van der Waals surface area (Å²) in [7, 11) is 0. The van der Waals surface area contributed by atoms with E-state index >= 15 is 0 Å². The fourth-order valence-corrected chi connectivity index (χ4v) is 5.03. The fraction of sp³-hybridized carbons (Fsp3) is 0.714. The van der Waals surface area contributed by atoms with Gasteiger partial charge in [0.1, 0.15) is 11.8 Å². The first-order chi connectivity index (χ1) is 14.6. The van der Waals surface area contributed by atoms with Gasteiger partial charge in [-0.1, -0.05) is 13.8 Å². The van der Waals surface area contributed by atoms with Gasteiger partial charge in [-0.05, 0) is 32.1 Å². The lowest BCUT2D eigenvalue weighted by molar-refractivity contribution is -0.197. The van der Waals surface area contributed by atoms with Crippen LogP contribution in [0.5, 0.6) is 0 Å². The summed E-state index contributed by atoms with van der Waals surface area (Å²) < 4.78 is 8.18. The zero-order valence-electron chi connectivity index (χ0n) is 18.5. The zero-order valence-corrected chi connectivity index (χ0v) is 18.5. The minimum absolute atomic E-state index is 0.00570. The van der Waals surface area contributed by atoms with Crippen molar-refractivity contribution in [2.24, 2.45) is 11.7 Å². The van der Waals surface area contributed by atoms with Gasteiger partial charge in [-0.3, -0.25) is 4.79 Å². The first-order valence-electron chi connectivity index (χ1n) is 11.0. The summed E-state index contributed by atoms with van der Waals surface area (Å²) in [5, 5.41) is 11.4. The molecule has 5 N–H and O–H groups in total. The highest BCUT2D eigenvalue weighted by molar-refractivity contribution is 5.82. The van der Waals surface area contributed by atoms with E-state index in [1.807, 2.05) is 16.4 Å². The third-order valence-electron chi connectivity index (χ3n) is 6.70. The van der Waals surface area contributed by atoms with E-state index < -0.39 is 17.2 Å². The number of piperidine rings is 1. The predicted molar refractivity (Wildman–Crippen MR) is 116 cm³/mol. The molecule has 1 amide bonds. The van der Waals surface area contributed by atoms with Gasteiger partial charge in [0.2, 0.25) is 5.91 Å². The first-order valence-corrected chi connectivity index (χ1v) is 11.0. The molecule has 10 nitrogen and oxygen atoms in total. The molecule has 4 rings (SSSR count). The van der Waals surface area contributed by atoms with Gasteiger partial charge in [-0.15, -0.1) is 0 Å². The van der Waals surface area contributed by atoms with E-state index in [1.165, 1.54) is 6.33 Å². The molecule has 2 fully saturated rings. The Bertz CT molecular complexity index is 950. The van der Waals surface area contributed by atoms with Crippen molar-refractivity contribution in [3.05, 3.63) is 12.7 Å². The van der Waals surface area contributed by atoms with Crippen molar-refractivity contribution < 1.29 is 14.6 Å². The molecule has 0 aliphatic carbocycles. The maximum Gasteiger partial charge on any atom is 0.239 e. The van der Waals surface area contributed by atoms with Crippen molar-refractivity contribution in [1.82, 2.24) is 24.4 Å². The predicted octanol–water partition coefficient (Wildman–Crippen LogP) is 0.856. The van der Waals surface area contributed by atoms with Crippen molar-refractivity contribution >= 4 is 22.9 Å². The van der Waals surface area contributed by atoms with Crippen LogP contribution in [0.25, 0.3) is 11.2 Å². The van der Waals surface area contributed by atoms with Crippen LogP contribution in [-0.2, 0) is 9.53 Å². The molecule has 2 saturated heterocycles. The molecule has 31 heavy (non-hydrogen) atoms. The molecule has 10 heteroatoms. The quantitative estimate of drug-likeness (QED) is 0.646. The Kier molecular flexibility index (Phi) is 5.65. The standard InChI is InChI=1S/C21H33N7O3/c1-13(2)8-14(22)19(29)27-6-4-21(5-7-27)10-20(3,30)15(9-31-21)28-12-26-16-17(23)24-11-25-18(16)28/h11-15,30H,4-10,22H2,1-3H3,(H2,23,24,25)/t14-,15+,20+/m0/s1. The Labute approximate surface area is 182 Å². The molecule has 1 spiro atoms. The lowest BCUT2D eigenvalue weighted by Crippen LogP contribution is -2.59. The van der Waals surface area contributed by atoms with E-state index in [9.17, 15) is 9.90 Å². The Hall–Kier alpha value is -2.30. The topological polar surface area (TPSA) is 145 Å². The first kappa shape index (κ1) is 21.9. The largest absolute Gasteiger partial charge is 0.388 e. The van der Waals surface area contributed by atoms with Crippen molar-refractivity contribution in [3.63, 3.8) is 0 Å². The van der Waals surface area contributed by atoms with E-state index in [1.54, 1.807) is 6.33 Å². The lowest BCUT2D eigenvalue weighted by Gasteiger charge is -2.51. The SMILES string of the molecule is CC(C)C[C@H](N)C(=O)N1CCC2(CC1)C[C@@](C)(O)[C@H](n1cnc3c(N)ncnc31)CO2. The minimum Gasteiger partial charge on any atom is -0.388 e. The number of rotatable bonds is 4. The van der Waals surface area contributed by atoms with Gasteiger partial charge in [-0.25, -0.2) is 15.0 Å². The number of amides is 1. The van der Waals surface area contributed by atoms with Gasteiger partial charge >= 0.3 is 0 Å². The highest BCUT2D eigenvalue weighted by Gasteiger charge is 2.50. The smallest absolute Gasteiger partial charge is 0.239 e. The number of carbonyl (C=O) groups is 1. The Morgan fingerprint density at radius 2 is 2.03 bits per heavy atom. The number of carbonyl (C=O) groups excluding carboxylic acids is 1. The number of likely N-dealkylation sites (tertiary alicyclic amines) is 1. The number of nitrogen functional groups attached to an aromatic ring is 1. The third kappa shape index (κ3) is 4.11. The van der Waals surface area contributed by atoms with Gasteiger partial charge in [-0.2, -0.15) is 0 Å². The summed E-state index contributed by atoms with van der Waals surface area (Å²) in [5.41, 5.74) is 11.6. The third-order valence-corrected chi connectivity index (χ3v) is 6.70. The van der Waals surface area contributed by atoms with Crippen molar-refractivity contribution in [3.8, 4) is 0 Å². The number of aliphatic hydroxyl groups is 1. The van der Waals surface area contributed by atoms with Crippen LogP contribution in [0.15, 0.2) is 12.7 Å². The lowest BCUT2D eigenvalue weighted by atomic mass is 9.75. The van der Waals surface area contributed by atoms with Gasteiger partial charge in [0, 0.05) is 19.5 Å². The van der Waals surface area contributed by atoms with Crippen molar-refractivity contribution in [1.29, 1.82) is 0 Å². The van der Waals surface area contributed by atoms with Gasteiger partial charge in [0.25, 0.3) is 0 Å². The highest BCUT2D eigenvalue weighted by atomic mass is 16.5. The molecule has 2 aromatic heterocycles. The van der Waals surface area contributed by atoms with E-state index in [2.05, 4.69) is 28.8 Å². The number of aromatic nitrogens is 4. The summed E-state index contributed by atoms with van der Waals surface area (Å²) in [6.07, 6.45) is 5.52. The van der Waals surface area contributed by atoms with Gasteiger partial charge in [0.15, 0.2) is 11.5 Å². The number of fused-ring (bicyclic) bond motifs is 1. The maximum absolute atomic E-state index is 12.7. The Balaban J connectivity index is 1.45. The number of nitrogens with two attached hydrogens (primary N) is 2. The molecular formula is C21H33N7O3. The molecule has 0 saturated carbocycles. The molecule has 4 heterocycles. The van der Waals surface area contributed by atoms with Gasteiger partial charge in [0.05, 0.1) is 36.2 Å². The van der Waals surface area contributed by atoms with Crippen LogP contribution in [0, 0.1) is 5.92 Å². The second kappa shape index (κ2) is 7.99. The Morgan fingerprint density at radius 3 is 2.68 bits per heavy atom. The second-order valence-corrected chi connectivity index (χ2v) is 9.69. The zero-order chi connectivity index (χ0) is 22.4. The van der Waals surface area contributed by atoms with Gasteiger partial charge < -0.3 is 30.8 Å². The van der Waals surface area contributed by atoms with Crippen LogP contribution in [0.4, 0.5) is 5.82 Å². The highest BCUT2D eigenvalue weighted by Crippen LogP contribution is 2.44. The molecular weight excluding hydrogens is 398 g/mol. The number of ether oxygens (including phenoxy) is 1. The van der Waals surface area contributed by atoms with E-state index in [0.29, 0.717) is 68.3 Å². The normalized spacial score (nSPS) is 27.2. The van der Waals surface area contributed by atoms with Crippen LogP contribution in [0.2, 0.25) is 0 Å². The average Bonchev–Trinajstić information content (AvgIpc) is 3.12. The minimum atomic E-state index is -1.04. The summed E-state index contributed by atoms with van der Waals surface area (Å²) in [6, 6.07) is -0.811. The molecule has 0 radical (unpaired) electrons. The maximum atomic E-state index is 12.7. The number of imidazole rings is 1. The molecule has 170 valence electrons. The van der Waals surface area contributed by atoms with Crippen LogP contribution in [0.3, 0.4) is 0 Å². The van der Waals surface area contributed by atoms with Crippen molar-refractivity contribution in [2.45, 2.75) is 69.7 Å². The van der Waals surface area contributed by atoms with Crippen molar-refractivity contribution in [2.75, 3.05) is 25.4 Å². The van der Waals surface area contributed by atoms with Crippen LogP contribution >= 0.6 is 0 Å². The van der Waals surface area contributed by atoms with Crippen LogP contribution < -0.4 is 11.5 Å². The molecule has 0 bridgehead atoms. The number of nitrogens with zero attached hydrogens (tertiary/aromatic N) is 5. The molecule has 2 aliphatic heterocycles. The number of hydrogen-bond acceptors (Lipinski definition) is 8. The Morgan fingerprint density at radius 1 is 1.32 bits per heavy atom. The molecule has 3 atom stereocenters. The summed E-state index contributed by atoms with van der Waals surface area (Å²) in [6.45, 7) is 7.46. The number of hydrogen-bond donors (Lipinski definition) is 3. The summed E-state index contributed by atoms with van der Waals surface area (Å²) in [5.74, 6) is 0.694. The fourth-order valence-electron chi connectivity index (χ4n) is 5.03. The summed E-state index contributed by atoms with van der Waals surface area (Å²) >= 11 is 0.